The fourth-order valence-corrected chi connectivity index (χ4v) is 6.49. The number of ketones is 1. The molecule has 2 atom stereocenters. The number of aromatic nitrogens is 1. The standard InChI is InChI=1S/C28H31N5O/c1-4-28(20-17-30-32-26(20)31-22-15-27(2,3)16-24(34)25(22)28)18-8-5-9-19(14-18)33-13-7-10-21-23(33)11-6-12-29-21/h5-6,8-9,11-12,14,17,26,31H,4,7,10,13,15-16H2,1-3H3/t26?,28-/m0/s1. The molecule has 0 bridgehead atoms. The molecule has 0 amide bonds. The number of nitrogens with zero attached hydrogens (tertiary/aromatic N) is 4. The van der Waals surface area contributed by atoms with Crippen molar-refractivity contribution in [3.63, 3.8) is 0 Å². The first-order valence-corrected chi connectivity index (χ1v) is 12.4. The highest BCUT2D eigenvalue weighted by molar-refractivity contribution is 6.01. The van der Waals surface area contributed by atoms with Gasteiger partial charge in [-0.15, -0.1) is 0 Å². The Hall–Kier alpha value is -3.28. The summed E-state index contributed by atoms with van der Waals surface area (Å²) >= 11 is 0. The molecule has 1 unspecified atom stereocenters. The van der Waals surface area contributed by atoms with Crippen molar-refractivity contribution in [1.82, 2.24) is 10.3 Å². The van der Waals surface area contributed by atoms with E-state index in [2.05, 4.69) is 76.5 Å². The number of hydrogen-bond donors (Lipinski definition) is 1. The van der Waals surface area contributed by atoms with Crippen molar-refractivity contribution in [2.75, 3.05) is 11.4 Å². The molecule has 0 fully saturated rings. The van der Waals surface area contributed by atoms with Gasteiger partial charge in [-0.3, -0.25) is 9.78 Å². The van der Waals surface area contributed by atoms with E-state index in [-0.39, 0.29) is 17.4 Å². The summed E-state index contributed by atoms with van der Waals surface area (Å²) < 4.78 is 0. The van der Waals surface area contributed by atoms with Crippen LogP contribution in [0, 0.1) is 5.41 Å². The van der Waals surface area contributed by atoms with E-state index in [4.69, 9.17) is 0 Å². The number of hydrogen-bond acceptors (Lipinski definition) is 6. The first-order chi connectivity index (χ1) is 16.4. The smallest absolute Gasteiger partial charge is 0.164 e. The molecule has 2 aromatic rings. The third-order valence-electron chi connectivity index (χ3n) is 7.91. The van der Waals surface area contributed by atoms with Crippen LogP contribution in [0.2, 0.25) is 0 Å². The highest BCUT2D eigenvalue weighted by atomic mass is 16.1. The van der Waals surface area contributed by atoms with Crippen LogP contribution in [-0.2, 0) is 16.6 Å². The van der Waals surface area contributed by atoms with Gasteiger partial charge < -0.3 is 10.2 Å². The maximum Gasteiger partial charge on any atom is 0.164 e. The predicted octanol–water partition coefficient (Wildman–Crippen LogP) is 5.74. The van der Waals surface area contributed by atoms with Gasteiger partial charge in [0, 0.05) is 41.7 Å². The highest BCUT2D eigenvalue weighted by Crippen LogP contribution is 2.54. The van der Waals surface area contributed by atoms with Crippen molar-refractivity contribution < 1.29 is 4.79 Å². The molecule has 6 rings (SSSR count). The van der Waals surface area contributed by atoms with Gasteiger partial charge in [-0.05, 0) is 60.9 Å². The molecule has 0 saturated heterocycles. The summed E-state index contributed by atoms with van der Waals surface area (Å²) in [6, 6.07) is 12.9. The Kier molecular flexibility index (Phi) is 4.77. The van der Waals surface area contributed by atoms with Crippen LogP contribution in [0.25, 0.3) is 0 Å². The van der Waals surface area contributed by atoms with Crippen LogP contribution in [0.15, 0.2) is 75.9 Å². The summed E-state index contributed by atoms with van der Waals surface area (Å²) in [4.78, 5) is 20.7. The molecule has 1 aromatic heterocycles. The molecular weight excluding hydrogens is 422 g/mol. The summed E-state index contributed by atoms with van der Waals surface area (Å²) in [5.41, 5.74) is 7.09. The second-order valence-electron chi connectivity index (χ2n) is 10.7. The highest BCUT2D eigenvalue weighted by Gasteiger charge is 2.53. The van der Waals surface area contributed by atoms with E-state index >= 15 is 0 Å². The van der Waals surface area contributed by atoms with Crippen LogP contribution in [-0.4, -0.2) is 23.5 Å². The summed E-state index contributed by atoms with van der Waals surface area (Å²) in [6.45, 7) is 7.49. The molecule has 1 N–H and O–H groups in total. The van der Waals surface area contributed by atoms with E-state index in [1.807, 2.05) is 18.5 Å². The van der Waals surface area contributed by atoms with Gasteiger partial charge in [-0.1, -0.05) is 32.9 Å². The average Bonchev–Trinajstić information content (AvgIpc) is 3.30. The molecule has 4 aliphatic rings. The van der Waals surface area contributed by atoms with Crippen LogP contribution in [0.1, 0.15) is 57.7 Å². The number of rotatable bonds is 3. The zero-order chi connectivity index (χ0) is 23.5. The van der Waals surface area contributed by atoms with Gasteiger partial charge >= 0.3 is 0 Å². The quantitative estimate of drug-likeness (QED) is 0.644. The Balaban J connectivity index is 1.53. The monoisotopic (exact) mass is 453 g/mol. The lowest BCUT2D eigenvalue weighted by atomic mass is 9.59. The Morgan fingerprint density at radius 2 is 2.06 bits per heavy atom. The second kappa shape index (κ2) is 7.62. The van der Waals surface area contributed by atoms with Crippen LogP contribution in [0.4, 0.5) is 11.4 Å². The molecule has 34 heavy (non-hydrogen) atoms. The molecule has 3 aliphatic heterocycles. The number of Topliss-reactive ketones (excluding diaryl/α,β-unsaturated/α-hetero) is 1. The zero-order valence-electron chi connectivity index (χ0n) is 20.1. The van der Waals surface area contributed by atoms with Crippen molar-refractivity contribution in [1.29, 1.82) is 0 Å². The van der Waals surface area contributed by atoms with E-state index in [1.165, 1.54) is 5.69 Å². The lowest BCUT2D eigenvalue weighted by molar-refractivity contribution is -0.119. The number of allylic oxidation sites excluding steroid dienone is 2. The number of pyridine rings is 1. The van der Waals surface area contributed by atoms with Crippen LogP contribution < -0.4 is 10.2 Å². The molecule has 1 aliphatic carbocycles. The van der Waals surface area contributed by atoms with Gasteiger partial charge in [0.25, 0.3) is 0 Å². The number of azo groups is 1. The van der Waals surface area contributed by atoms with Gasteiger partial charge in [0.15, 0.2) is 11.9 Å². The molecule has 0 spiro atoms. The molecular formula is C28H31N5O. The molecule has 174 valence electrons. The first kappa shape index (κ1) is 21.3. The number of nitrogens with one attached hydrogen (secondary N) is 1. The SMILES string of the molecule is CC[C@]1(c2cccc(N3CCCc4ncccc43)c2)C2=CN=NC2NC2=C1C(=O)CC(C)(C)C2. The van der Waals surface area contributed by atoms with Gasteiger partial charge in [-0.25, -0.2) is 0 Å². The first-order valence-electron chi connectivity index (χ1n) is 12.4. The number of benzene rings is 1. The lowest BCUT2D eigenvalue weighted by Gasteiger charge is -2.48. The van der Waals surface area contributed by atoms with Crippen molar-refractivity contribution in [2.45, 2.75) is 64.5 Å². The van der Waals surface area contributed by atoms with E-state index in [0.29, 0.717) is 6.42 Å². The van der Waals surface area contributed by atoms with Gasteiger partial charge in [0.1, 0.15) is 0 Å². The van der Waals surface area contributed by atoms with Gasteiger partial charge in [0.05, 0.1) is 23.0 Å². The Labute approximate surface area is 200 Å². The van der Waals surface area contributed by atoms with Crippen molar-refractivity contribution in [3.8, 4) is 0 Å². The maximum absolute atomic E-state index is 13.7. The van der Waals surface area contributed by atoms with Crippen LogP contribution in [0.3, 0.4) is 0 Å². The Morgan fingerprint density at radius 1 is 1.18 bits per heavy atom. The lowest BCUT2D eigenvalue weighted by Crippen LogP contribution is -2.51. The van der Waals surface area contributed by atoms with Gasteiger partial charge in [-0.2, -0.15) is 10.2 Å². The molecule has 0 saturated carbocycles. The fraction of sp³-hybridized carbons (Fsp3) is 0.429. The minimum absolute atomic E-state index is 0.0638. The minimum atomic E-state index is -0.522. The van der Waals surface area contributed by atoms with Crippen LogP contribution in [0.5, 0.6) is 0 Å². The number of fused-ring (bicyclic) bond motifs is 2. The summed E-state index contributed by atoms with van der Waals surface area (Å²) in [5.74, 6) is 0.241. The summed E-state index contributed by atoms with van der Waals surface area (Å²) in [5, 5.41) is 12.4. The van der Waals surface area contributed by atoms with E-state index < -0.39 is 5.41 Å². The second-order valence-corrected chi connectivity index (χ2v) is 10.7. The summed E-state index contributed by atoms with van der Waals surface area (Å²) in [6.07, 6.45) is 7.83. The van der Waals surface area contributed by atoms with E-state index in [9.17, 15) is 4.79 Å². The average molecular weight is 454 g/mol. The third-order valence-corrected chi connectivity index (χ3v) is 7.91. The largest absolute Gasteiger partial charge is 0.362 e. The maximum atomic E-state index is 13.7. The van der Waals surface area contributed by atoms with Gasteiger partial charge in [0.2, 0.25) is 0 Å². The minimum Gasteiger partial charge on any atom is -0.362 e. The van der Waals surface area contributed by atoms with Crippen molar-refractivity contribution in [3.05, 3.63) is 76.9 Å². The molecule has 4 heterocycles. The normalized spacial score (nSPS) is 27.0. The number of carbonyl (C=O) groups is 1. The predicted molar refractivity (Wildman–Crippen MR) is 133 cm³/mol. The molecule has 6 nitrogen and oxygen atoms in total. The van der Waals surface area contributed by atoms with E-state index in [0.717, 1.165) is 66.0 Å². The number of carbonyl (C=O) groups excluding carboxylic acids is 1. The molecule has 1 aromatic carbocycles. The zero-order valence-corrected chi connectivity index (χ0v) is 20.1. The topological polar surface area (TPSA) is 70.0 Å². The summed E-state index contributed by atoms with van der Waals surface area (Å²) in [7, 11) is 0. The number of aryl methyl sites for hydroxylation is 1. The van der Waals surface area contributed by atoms with Crippen molar-refractivity contribution >= 4 is 17.2 Å². The Morgan fingerprint density at radius 3 is 2.91 bits per heavy atom. The molecule has 0 radical (unpaired) electrons. The molecule has 6 heteroatoms. The van der Waals surface area contributed by atoms with Crippen LogP contribution >= 0.6 is 0 Å². The fourth-order valence-electron chi connectivity index (χ4n) is 6.49. The Bertz CT molecular complexity index is 1270. The third kappa shape index (κ3) is 3.07. The number of anilines is 2. The van der Waals surface area contributed by atoms with E-state index in [1.54, 1.807) is 0 Å². The van der Waals surface area contributed by atoms with Crippen molar-refractivity contribution in [2.24, 2.45) is 15.6 Å².